The molecule has 0 saturated heterocycles. The minimum absolute atomic E-state index is 0.000411. The van der Waals surface area contributed by atoms with Gasteiger partial charge in [-0.15, -0.1) is 0 Å². The predicted octanol–water partition coefficient (Wildman–Crippen LogP) is 1.38. The summed E-state index contributed by atoms with van der Waals surface area (Å²) in [5, 5.41) is 25.0. The van der Waals surface area contributed by atoms with Gasteiger partial charge in [0, 0.05) is 32.3 Å². The lowest BCUT2D eigenvalue weighted by Crippen LogP contribution is -2.35. The molecule has 0 aliphatic heterocycles. The number of hydrogen-bond donors (Lipinski definition) is 5. The number of aliphatic hydroxyl groups excluding tert-OH is 1. The van der Waals surface area contributed by atoms with Crippen LogP contribution in [0.15, 0.2) is 36.3 Å². The van der Waals surface area contributed by atoms with Crippen LogP contribution in [-0.2, 0) is 0 Å². The van der Waals surface area contributed by atoms with Crippen molar-refractivity contribution in [2.75, 3.05) is 24.3 Å². The van der Waals surface area contributed by atoms with E-state index >= 15 is 0 Å². The molecule has 0 spiro atoms. The summed E-state index contributed by atoms with van der Waals surface area (Å²) in [7, 11) is 3.82. The number of nitrogens with zero attached hydrogens (tertiary/aromatic N) is 1. The molecule has 1 fully saturated rings. The van der Waals surface area contributed by atoms with Gasteiger partial charge in [0.1, 0.15) is 5.82 Å². The smallest absolute Gasteiger partial charge is 0.154 e. The molecule has 6 nitrogen and oxygen atoms in total. The largest absolute Gasteiger partial charge is 0.386 e. The second-order valence-corrected chi connectivity index (χ2v) is 6.09. The molecule has 2 rings (SSSR count). The van der Waals surface area contributed by atoms with Crippen molar-refractivity contribution in [2.24, 2.45) is 11.7 Å². The number of benzene rings is 1. The summed E-state index contributed by atoms with van der Waals surface area (Å²) in [6.07, 6.45) is 4.13. The Kier molecular flexibility index (Phi) is 6.12. The van der Waals surface area contributed by atoms with Gasteiger partial charge in [0.05, 0.1) is 11.4 Å². The third kappa shape index (κ3) is 4.53. The molecule has 1 aromatic carbocycles. The summed E-state index contributed by atoms with van der Waals surface area (Å²) in [4.78, 5) is 1.93. The molecule has 6 N–H and O–H groups in total. The molecule has 1 aliphatic carbocycles. The van der Waals surface area contributed by atoms with Gasteiger partial charge in [0.25, 0.3) is 0 Å². The van der Waals surface area contributed by atoms with Gasteiger partial charge in [0.15, 0.2) is 6.29 Å². The summed E-state index contributed by atoms with van der Waals surface area (Å²) in [6.45, 7) is 0. The van der Waals surface area contributed by atoms with Crippen molar-refractivity contribution >= 4 is 11.4 Å². The summed E-state index contributed by atoms with van der Waals surface area (Å²) < 4.78 is 0. The first-order valence-electron chi connectivity index (χ1n) is 8.11. The van der Waals surface area contributed by atoms with Gasteiger partial charge in [-0.1, -0.05) is 12.1 Å². The minimum atomic E-state index is -1.19. The highest BCUT2D eigenvalue weighted by molar-refractivity contribution is 5.71. The molecular weight excluding hydrogens is 292 g/mol. The van der Waals surface area contributed by atoms with Crippen LogP contribution in [0.4, 0.5) is 11.4 Å². The third-order valence-electron chi connectivity index (χ3n) is 4.58. The second kappa shape index (κ2) is 8.08. The van der Waals surface area contributed by atoms with Crippen molar-refractivity contribution in [1.29, 1.82) is 0 Å². The average molecular weight is 320 g/mol. The van der Waals surface area contributed by atoms with E-state index in [-0.39, 0.29) is 5.92 Å². The van der Waals surface area contributed by atoms with E-state index in [9.17, 15) is 10.2 Å². The lowest BCUT2D eigenvalue weighted by molar-refractivity contribution is -0.0940. The topological polar surface area (TPSA) is 93.8 Å². The molecule has 0 unspecified atom stereocenters. The number of hydrogen-bond acceptors (Lipinski definition) is 6. The standard InChI is InChI=1S/C17H28N4O2/c1-19-14-5-3-4-6-15(14)21(2)16(18)11-20-13-9-7-12(8-10-13)17(22)23/h3-6,11-13,17,19-20,22-23H,7-10,18H2,1-2H3/b16-11+. The van der Waals surface area contributed by atoms with Crippen LogP contribution >= 0.6 is 0 Å². The van der Waals surface area contributed by atoms with Crippen molar-refractivity contribution in [3.8, 4) is 0 Å². The Morgan fingerprint density at radius 3 is 2.52 bits per heavy atom. The maximum absolute atomic E-state index is 9.22. The van der Waals surface area contributed by atoms with Crippen LogP contribution in [0.1, 0.15) is 25.7 Å². The quantitative estimate of drug-likeness (QED) is 0.509. The number of anilines is 2. The second-order valence-electron chi connectivity index (χ2n) is 6.09. The Morgan fingerprint density at radius 1 is 1.26 bits per heavy atom. The molecule has 6 heteroatoms. The van der Waals surface area contributed by atoms with E-state index < -0.39 is 6.29 Å². The lowest BCUT2D eigenvalue weighted by Gasteiger charge is -2.30. The molecule has 0 bridgehead atoms. The van der Waals surface area contributed by atoms with Crippen LogP contribution in [0.25, 0.3) is 0 Å². The fourth-order valence-electron chi connectivity index (χ4n) is 3.00. The summed E-state index contributed by atoms with van der Waals surface area (Å²) in [6, 6.07) is 8.31. The first-order valence-corrected chi connectivity index (χ1v) is 8.11. The van der Waals surface area contributed by atoms with Crippen LogP contribution in [0.5, 0.6) is 0 Å². The highest BCUT2D eigenvalue weighted by atomic mass is 16.5. The monoisotopic (exact) mass is 320 g/mol. The summed E-state index contributed by atoms with van der Waals surface area (Å²) >= 11 is 0. The molecule has 0 amide bonds. The van der Waals surface area contributed by atoms with Crippen molar-refractivity contribution in [3.05, 3.63) is 36.3 Å². The molecular formula is C17H28N4O2. The van der Waals surface area contributed by atoms with Crippen molar-refractivity contribution < 1.29 is 10.2 Å². The Bertz CT molecular complexity index is 525. The fourth-order valence-corrected chi connectivity index (χ4v) is 3.00. The average Bonchev–Trinajstić information content (AvgIpc) is 2.59. The number of nitrogens with two attached hydrogens (primary N) is 1. The maximum atomic E-state index is 9.22. The molecule has 1 aliphatic rings. The maximum Gasteiger partial charge on any atom is 0.154 e. The molecule has 0 atom stereocenters. The van der Waals surface area contributed by atoms with E-state index in [1.807, 2.05) is 49.5 Å². The molecule has 128 valence electrons. The van der Waals surface area contributed by atoms with Gasteiger partial charge < -0.3 is 31.5 Å². The van der Waals surface area contributed by atoms with Crippen LogP contribution in [0.2, 0.25) is 0 Å². The number of rotatable bonds is 6. The fraction of sp³-hybridized carbons (Fsp3) is 0.529. The SMILES string of the molecule is CNc1ccccc1N(C)/C(N)=C/NC1CCC(C(O)O)CC1. The van der Waals surface area contributed by atoms with Gasteiger partial charge in [0.2, 0.25) is 0 Å². The molecule has 1 saturated carbocycles. The number of aliphatic hydroxyl groups is 2. The van der Waals surface area contributed by atoms with Gasteiger partial charge in [-0.3, -0.25) is 0 Å². The van der Waals surface area contributed by atoms with E-state index in [1.54, 1.807) is 0 Å². The predicted molar refractivity (Wildman–Crippen MR) is 93.8 cm³/mol. The molecule has 1 aromatic rings. The van der Waals surface area contributed by atoms with Gasteiger partial charge in [-0.05, 0) is 37.8 Å². The normalized spacial score (nSPS) is 22.0. The summed E-state index contributed by atoms with van der Waals surface area (Å²) in [5.74, 6) is 0.636. The molecule has 23 heavy (non-hydrogen) atoms. The van der Waals surface area contributed by atoms with Gasteiger partial charge >= 0.3 is 0 Å². The van der Waals surface area contributed by atoms with E-state index in [4.69, 9.17) is 5.73 Å². The highest BCUT2D eigenvalue weighted by Crippen LogP contribution is 2.27. The first-order chi connectivity index (χ1) is 11.0. The number of para-hydroxylation sites is 2. The Morgan fingerprint density at radius 2 is 1.91 bits per heavy atom. The lowest BCUT2D eigenvalue weighted by atomic mass is 9.86. The highest BCUT2D eigenvalue weighted by Gasteiger charge is 2.24. The van der Waals surface area contributed by atoms with Crippen molar-refractivity contribution in [2.45, 2.75) is 38.0 Å². The Balaban J connectivity index is 1.92. The zero-order valence-corrected chi connectivity index (χ0v) is 13.9. The summed E-state index contributed by atoms with van der Waals surface area (Å²) in [5.41, 5.74) is 8.21. The van der Waals surface area contributed by atoms with Crippen molar-refractivity contribution in [3.63, 3.8) is 0 Å². The minimum Gasteiger partial charge on any atom is -0.386 e. The van der Waals surface area contributed by atoms with Crippen LogP contribution in [-0.4, -0.2) is 36.6 Å². The van der Waals surface area contributed by atoms with Gasteiger partial charge in [-0.2, -0.15) is 0 Å². The third-order valence-corrected chi connectivity index (χ3v) is 4.58. The number of nitrogens with one attached hydrogen (secondary N) is 2. The first kappa shape index (κ1) is 17.4. The zero-order chi connectivity index (χ0) is 16.8. The molecule has 0 heterocycles. The van der Waals surface area contributed by atoms with Crippen molar-refractivity contribution in [1.82, 2.24) is 5.32 Å². The zero-order valence-electron chi connectivity index (χ0n) is 13.9. The van der Waals surface area contributed by atoms with E-state index in [0.717, 1.165) is 37.1 Å². The van der Waals surface area contributed by atoms with Crippen LogP contribution in [0.3, 0.4) is 0 Å². The van der Waals surface area contributed by atoms with Gasteiger partial charge in [-0.25, -0.2) is 0 Å². The Hall–Kier alpha value is -1.92. The molecule has 0 radical (unpaired) electrons. The van der Waals surface area contributed by atoms with Crippen LogP contribution in [0, 0.1) is 5.92 Å². The van der Waals surface area contributed by atoms with Crippen LogP contribution < -0.4 is 21.3 Å². The van der Waals surface area contributed by atoms with E-state index in [1.165, 1.54) is 0 Å². The van der Waals surface area contributed by atoms with E-state index in [0.29, 0.717) is 11.9 Å². The Labute approximate surface area is 138 Å². The molecule has 0 aromatic heterocycles. The van der Waals surface area contributed by atoms with E-state index in [2.05, 4.69) is 10.6 Å².